The third-order valence-corrected chi connectivity index (χ3v) is 4.25. The average Bonchev–Trinajstić information content (AvgIpc) is 2.68. The molecule has 1 amide bonds. The minimum absolute atomic E-state index is 0.0611. The van der Waals surface area contributed by atoms with Crippen molar-refractivity contribution in [3.8, 4) is 0 Å². The fourth-order valence-electron chi connectivity index (χ4n) is 2.51. The van der Waals surface area contributed by atoms with Crippen LogP contribution < -0.4 is 10.6 Å². The van der Waals surface area contributed by atoms with Gasteiger partial charge >= 0.3 is 0 Å². The SMILES string of the molecule is O=C(CNc1ccc(Br)cc1C(=O)c1ccccc1)Nc1ccccc1. The molecule has 3 aromatic rings. The number of para-hydroxylation sites is 1. The molecule has 0 aromatic heterocycles. The summed E-state index contributed by atoms with van der Waals surface area (Å²) in [7, 11) is 0. The maximum Gasteiger partial charge on any atom is 0.243 e. The highest BCUT2D eigenvalue weighted by molar-refractivity contribution is 9.10. The van der Waals surface area contributed by atoms with Crippen molar-refractivity contribution in [2.24, 2.45) is 0 Å². The number of carbonyl (C=O) groups excluding carboxylic acids is 2. The second-order valence-electron chi connectivity index (χ2n) is 5.65. The second kappa shape index (κ2) is 8.45. The minimum atomic E-state index is -0.183. The number of benzene rings is 3. The van der Waals surface area contributed by atoms with E-state index >= 15 is 0 Å². The predicted octanol–water partition coefficient (Wildman–Crippen LogP) is 4.73. The van der Waals surface area contributed by atoms with Crippen LogP contribution in [0.5, 0.6) is 0 Å². The maximum absolute atomic E-state index is 12.8. The van der Waals surface area contributed by atoms with Crippen LogP contribution >= 0.6 is 15.9 Å². The van der Waals surface area contributed by atoms with Crippen molar-refractivity contribution in [1.29, 1.82) is 0 Å². The molecule has 0 fully saturated rings. The Morgan fingerprint density at radius 3 is 2.19 bits per heavy atom. The lowest BCUT2D eigenvalue weighted by Crippen LogP contribution is -2.22. The van der Waals surface area contributed by atoms with Crippen LogP contribution in [0.15, 0.2) is 83.3 Å². The van der Waals surface area contributed by atoms with Gasteiger partial charge in [0.05, 0.1) is 6.54 Å². The summed E-state index contributed by atoms with van der Waals surface area (Å²) in [6.07, 6.45) is 0. The van der Waals surface area contributed by atoms with Crippen LogP contribution in [0.3, 0.4) is 0 Å². The monoisotopic (exact) mass is 408 g/mol. The number of carbonyl (C=O) groups is 2. The van der Waals surface area contributed by atoms with Crippen molar-refractivity contribution in [3.05, 3.63) is 94.5 Å². The average molecular weight is 409 g/mol. The van der Waals surface area contributed by atoms with Gasteiger partial charge in [0, 0.05) is 27.0 Å². The summed E-state index contributed by atoms with van der Waals surface area (Å²) in [6, 6.07) is 23.7. The fraction of sp³-hybridized carbons (Fsp3) is 0.0476. The number of nitrogens with one attached hydrogen (secondary N) is 2. The lowest BCUT2D eigenvalue weighted by atomic mass is 10.0. The van der Waals surface area contributed by atoms with E-state index in [0.29, 0.717) is 16.8 Å². The van der Waals surface area contributed by atoms with Crippen LogP contribution in [0.25, 0.3) is 0 Å². The molecular weight excluding hydrogens is 392 g/mol. The number of rotatable bonds is 6. The second-order valence-corrected chi connectivity index (χ2v) is 6.57. The van der Waals surface area contributed by atoms with Crippen molar-refractivity contribution in [1.82, 2.24) is 0 Å². The van der Waals surface area contributed by atoms with E-state index in [0.717, 1.165) is 10.2 Å². The largest absolute Gasteiger partial charge is 0.376 e. The van der Waals surface area contributed by atoms with E-state index < -0.39 is 0 Å². The number of ketones is 1. The van der Waals surface area contributed by atoms with E-state index in [9.17, 15) is 9.59 Å². The molecule has 26 heavy (non-hydrogen) atoms. The first-order chi connectivity index (χ1) is 12.6. The van der Waals surface area contributed by atoms with Crippen molar-refractivity contribution >= 4 is 39.0 Å². The van der Waals surface area contributed by atoms with Gasteiger partial charge < -0.3 is 10.6 Å². The van der Waals surface area contributed by atoms with Crippen LogP contribution in [0.1, 0.15) is 15.9 Å². The molecule has 0 atom stereocenters. The zero-order chi connectivity index (χ0) is 18.4. The minimum Gasteiger partial charge on any atom is -0.376 e. The quantitative estimate of drug-likeness (QED) is 0.579. The van der Waals surface area contributed by atoms with Gasteiger partial charge in [-0.1, -0.05) is 64.5 Å². The highest BCUT2D eigenvalue weighted by atomic mass is 79.9. The number of anilines is 2. The molecule has 130 valence electrons. The zero-order valence-electron chi connectivity index (χ0n) is 13.9. The molecule has 0 unspecified atom stereocenters. The Kier molecular flexibility index (Phi) is 5.81. The van der Waals surface area contributed by atoms with Crippen molar-refractivity contribution in [3.63, 3.8) is 0 Å². The third-order valence-electron chi connectivity index (χ3n) is 3.76. The Hall–Kier alpha value is -2.92. The standard InChI is InChI=1S/C21H17BrN2O2/c22-16-11-12-19(18(13-16)21(26)15-7-3-1-4-8-15)23-14-20(25)24-17-9-5-2-6-10-17/h1-13,23H,14H2,(H,24,25). The topological polar surface area (TPSA) is 58.2 Å². The molecule has 0 radical (unpaired) electrons. The molecule has 2 N–H and O–H groups in total. The van der Waals surface area contributed by atoms with E-state index in [4.69, 9.17) is 0 Å². The molecule has 0 aliphatic rings. The molecule has 0 aliphatic carbocycles. The van der Waals surface area contributed by atoms with Crippen molar-refractivity contribution in [2.45, 2.75) is 0 Å². The zero-order valence-corrected chi connectivity index (χ0v) is 15.5. The highest BCUT2D eigenvalue weighted by Crippen LogP contribution is 2.24. The number of hydrogen-bond acceptors (Lipinski definition) is 3. The summed E-state index contributed by atoms with van der Waals surface area (Å²) in [5.74, 6) is -0.282. The molecule has 0 saturated carbocycles. The molecule has 0 saturated heterocycles. The van der Waals surface area contributed by atoms with Gasteiger partial charge in [-0.05, 0) is 30.3 Å². The number of halogens is 1. The predicted molar refractivity (Wildman–Crippen MR) is 108 cm³/mol. The molecule has 0 spiro atoms. The molecule has 3 aromatic carbocycles. The summed E-state index contributed by atoms with van der Waals surface area (Å²) >= 11 is 3.40. The summed E-state index contributed by atoms with van der Waals surface area (Å²) in [6.45, 7) is 0.0611. The molecule has 5 heteroatoms. The molecule has 0 heterocycles. The van der Waals surface area contributed by atoms with Crippen molar-refractivity contribution < 1.29 is 9.59 Å². The smallest absolute Gasteiger partial charge is 0.243 e. The third kappa shape index (κ3) is 4.58. The Balaban J connectivity index is 1.74. The normalized spacial score (nSPS) is 10.2. The van der Waals surface area contributed by atoms with Gasteiger partial charge in [0.25, 0.3) is 0 Å². The Labute approximate surface area is 160 Å². The summed E-state index contributed by atoms with van der Waals surface area (Å²) in [5, 5.41) is 5.87. The van der Waals surface area contributed by atoms with Crippen LogP contribution in [0, 0.1) is 0 Å². The van der Waals surface area contributed by atoms with E-state index in [2.05, 4.69) is 26.6 Å². The van der Waals surface area contributed by atoms with Crippen LogP contribution in [-0.2, 0) is 4.79 Å². The molecular formula is C21H17BrN2O2. The van der Waals surface area contributed by atoms with E-state index in [1.807, 2.05) is 54.6 Å². The van der Waals surface area contributed by atoms with E-state index in [-0.39, 0.29) is 18.2 Å². The van der Waals surface area contributed by atoms with Crippen molar-refractivity contribution in [2.75, 3.05) is 17.2 Å². The van der Waals surface area contributed by atoms with Crippen LogP contribution in [0.4, 0.5) is 11.4 Å². The van der Waals surface area contributed by atoms with Gasteiger partial charge in [-0.2, -0.15) is 0 Å². The first kappa shape index (κ1) is 17.9. The van der Waals surface area contributed by atoms with E-state index in [1.54, 1.807) is 24.3 Å². The lowest BCUT2D eigenvalue weighted by Gasteiger charge is -2.12. The summed E-state index contributed by atoms with van der Waals surface area (Å²) in [5.41, 5.74) is 2.46. The van der Waals surface area contributed by atoms with E-state index in [1.165, 1.54) is 0 Å². The van der Waals surface area contributed by atoms with Gasteiger partial charge in [-0.25, -0.2) is 0 Å². The van der Waals surface area contributed by atoms with Gasteiger partial charge in [0.1, 0.15) is 0 Å². The Morgan fingerprint density at radius 2 is 1.50 bits per heavy atom. The fourth-order valence-corrected chi connectivity index (χ4v) is 2.87. The first-order valence-electron chi connectivity index (χ1n) is 8.11. The maximum atomic E-state index is 12.8. The highest BCUT2D eigenvalue weighted by Gasteiger charge is 2.15. The lowest BCUT2D eigenvalue weighted by molar-refractivity contribution is -0.114. The molecule has 0 bridgehead atoms. The van der Waals surface area contributed by atoms with Gasteiger partial charge in [-0.15, -0.1) is 0 Å². The van der Waals surface area contributed by atoms with Crippen LogP contribution in [0.2, 0.25) is 0 Å². The molecule has 0 aliphatic heterocycles. The molecule has 3 rings (SSSR count). The summed E-state index contributed by atoms with van der Waals surface area (Å²) in [4.78, 5) is 24.9. The first-order valence-corrected chi connectivity index (χ1v) is 8.91. The Bertz CT molecular complexity index is 912. The van der Waals surface area contributed by atoms with Gasteiger partial charge in [0.15, 0.2) is 5.78 Å². The summed E-state index contributed by atoms with van der Waals surface area (Å²) < 4.78 is 0.802. The van der Waals surface area contributed by atoms with Gasteiger partial charge in [-0.3, -0.25) is 9.59 Å². The Morgan fingerprint density at radius 1 is 0.846 bits per heavy atom. The molecule has 4 nitrogen and oxygen atoms in total. The van der Waals surface area contributed by atoms with Gasteiger partial charge in [0.2, 0.25) is 5.91 Å². The number of hydrogen-bond donors (Lipinski definition) is 2. The van der Waals surface area contributed by atoms with Crippen LogP contribution in [-0.4, -0.2) is 18.2 Å². The number of amides is 1.